The van der Waals surface area contributed by atoms with E-state index in [1.54, 1.807) is 0 Å². The van der Waals surface area contributed by atoms with Crippen LogP contribution in [0, 0.1) is 5.92 Å². The molecule has 0 saturated heterocycles. The van der Waals surface area contributed by atoms with Gasteiger partial charge in [-0.25, -0.2) is 0 Å². The molecule has 2 unspecified atom stereocenters. The number of aliphatic imine (C=N–C) groups is 1. The number of rotatable bonds is 4. The van der Waals surface area contributed by atoms with Gasteiger partial charge in [-0.1, -0.05) is 51.8 Å². The Bertz CT molecular complexity index is 609. The van der Waals surface area contributed by atoms with Gasteiger partial charge in [0.2, 0.25) is 0 Å². The molecule has 2 aliphatic rings. The quantitative estimate of drug-likeness (QED) is 0.926. The Morgan fingerprint density at radius 1 is 1.41 bits per heavy atom. The molecule has 4 nitrogen and oxygen atoms in total. The summed E-state index contributed by atoms with van der Waals surface area (Å²) in [6, 6.07) is 7.82. The number of nitrogens with zero attached hydrogens (tertiary/aromatic N) is 1. The number of nitrogens with one attached hydrogen (secondary N) is 1. The molecule has 4 heteroatoms. The van der Waals surface area contributed by atoms with Gasteiger partial charge in [-0.3, -0.25) is 9.79 Å². The lowest BCUT2D eigenvalue weighted by Gasteiger charge is -2.36. The predicted molar refractivity (Wildman–Crippen MR) is 87.1 cm³/mol. The van der Waals surface area contributed by atoms with Gasteiger partial charge in [0.1, 0.15) is 17.7 Å². The summed E-state index contributed by atoms with van der Waals surface area (Å²) in [6.07, 6.45) is 3.88. The van der Waals surface area contributed by atoms with Crippen molar-refractivity contribution in [3.63, 3.8) is 0 Å². The third-order valence-electron chi connectivity index (χ3n) is 4.50. The molecule has 1 aromatic rings. The number of para-hydroxylation sites is 1. The van der Waals surface area contributed by atoms with Crippen LogP contribution < -0.4 is 10.1 Å². The zero-order valence-corrected chi connectivity index (χ0v) is 13.6. The summed E-state index contributed by atoms with van der Waals surface area (Å²) in [6.45, 7) is 6.28. The molecular formula is C18H24N2O2. The Morgan fingerprint density at radius 3 is 2.86 bits per heavy atom. The van der Waals surface area contributed by atoms with Crippen LogP contribution in [0.3, 0.4) is 0 Å². The van der Waals surface area contributed by atoms with Crippen LogP contribution in [0.15, 0.2) is 29.3 Å². The fraction of sp³-hybridized carbons (Fsp3) is 0.556. The van der Waals surface area contributed by atoms with Gasteiger partial charge < -0.3 is 10.1 Å². The number of hydrogen-bond acceptors (Lipinski definition) is 3. The number of benzene rings is 1. The van der Waals surface area contributed by atoms with E-state index in [1.165, 1.54) is 0 Å². The van der Waals surface area contributed by atoms with E-state index in [2.05, 4.69) is 26.1 Å². The summed E-state index contributed by atoms with van der Waals surface area (Å²) in [7, 11) is 0. The van der Waals surface area contributed by atoms with Crippen molar-refractivity contribution in [1.29, 1.82) is 0 Å². The van der Waals surface area contributed by atoms with E-state index in [1.807, 2.05) is 24.3 Å². The lowest BCUT2D eigenvalue weighted by atomic mass is 9.81. The first kappa shape index (κ1) is 15.1. The van der Waals surface area contributed by atoms with Gasteiger partial charge in [0.25, 0.3) is 5.91 Å². The van der Waals surface area contributed by atoms with Crippen LogP contribution in [0.25, 0.3) is 0 Å². The summed E-state index contributed by atoms with van der Waals surface area (Å²) < 4.78 is 6.12. The SMILES string of the molecule is CCCCC1CC2(N=C(C(C)C)NC2=O)c2ccccc2O1. The average Bonchev–Trinajstić information content (AvgIpc) is 2.83. The first-order chi connectivity index (χ1) is 10.6. The number of carbonyl (C=O) groups is 1. The van der Waals surface area contributed by atoms with E-state index < -0.39 is 5.54 Å². The van der Waals surface area contributed by atoms with Crippen molar-refractivity contribution in [3.05, 3.63) is 29.8 Å². The second kappa shape index (κ2) is 5.75. The minimum Gasteiger partial charge on any atom is -0.490 e. The Morgan fingerprint density at radius 2 is 2.18 bits per heavy atom. The zero-order valence-electron chi connectivity index (χ0n) is 13.6. The lowest BCUT2D eigenvalue weighted by Crippen LogP contribution is -2.44. The molecule has 3 rings (SSSR count). The van der Waals surface area contributed by atoms with Crippen molar-refractivity contribution in [3.8, 4) is 5.75 Å². The molecule has 0 fully saturated rings. The average molecular weight is 300 g/mol. The third-order valence-corrected chi connectivity index (χ3v) is 4.50. The molecule has 2 atom stereocenters. The normalized spacial score (nSPS) is 26.6. The molecule has 2 heterocycles. The van der Waals surface area contributed by atoms with Crippen molar-refractivity contribution >= 4 is 11.7 Å². The van der Waals surface area contributed by atoms with E-state index in [4.69, 9.17) is 9.73 Å². The van der Waals surface area contributed by atoms with Crippen molar-refractivity contribution < 1.29 is 9.53 Å². The van der Waals surface area contributed by atoms with E-state index in [0.717, 1.165) is 36.4 Å². The van der Waals surface area contributed by atoms with E-state index in [-0.39, 0.29) is 17.9 Å². The van der Waals surface area contributed by atoms with Gasteiger partial charge in [0.15, 0.2) is 5.54 Å². The standard InChI is InChI=1S/C18H24N2O2/c1-4-5-8-13-11-18(14-9-6-7-10-15(14)22-13)17(21)19-16(20-18)12(2)3/h6-7,9-10,12-13H,4-5,8,11H2,1-3H3,(H,19,20,21). The first-order valence-corrected chi connectivity index (χ1v) is 8.24. The van der Waals surface area contributed by atoms with Crippen LogP contribution in [0.2, 0.25) is 0 Å². The van der Waals surface area contributed by atoms with Crippen LogP contribution >= 0.6 is 0 Å². The molecule has 0 bridgehead atoms. The molecular weight excluding hydrogens is 276 g/mol. The third kappa shape index (κ3) is 2.40. The lowest BCUT2D eigenvalue weighted by molar-refractivity contribution is -0.125. The van der Waals surface area contributed by atoms with Gasteiger partial charge in [0.05, 0.1) is 0 Å². The van der Waals surface area contributed by atoms with E-state index >= 15 is 0 Å². The minimum absolute atomic E-state index is 0.00607. The largest absolute Gasteiger partial charge is 0.490 e. The highest BCUT2D eigenvalue weighted by molar-refractivity contribution is 6.09. The molecule has 2 aliphatic heterocycles. The number of hydrogen-bond donors (Lipinski definition) is 1. The van der Waals surface area contributed by atoms with Crippen LogP contribution in [-0.2, 0) is 10.3 Å². The molecule has 1 N–H and O–H groups in total. The van der Waals surface area contributed by atoms with Crippen LogP contribution in [0.4, 0.5) is 0 Å². The maximum Gasteiger partial charge on any atom is 0.258 e. The Kier molecular flexibility index (Phi) is 3.94. The number of carbonyl (C=O) groups excluding carboxylic acids is 1. The summed E-state index contributed by atoms with van der Waals surface area (Å²) in [5, 5.41) is 2.99. The minimum atomic E-state index is -0.799. The number of amidine groups is 1. The highest BCUT2D eigenvalue weighted by atomic mass is 16.5. The topological polar surface area (TPSA) is 50.7 Å². The monoisotopic (exact) mass is 300 g/mol. The zero-order chi connectivity index (χ0) is 15.7. The fourth-order valence-electron chi connectivity index (χ4n) is 3.26. The van der Waals surface area contributed by atoms with Crippen molar-refractivity contribution in [2.45, 2.75) is 58.1 Å². The van der Waals surface area contributed by atoms with Gasteiger partial charge in [0, 0.05) is 17.9 Å². The van der Waals surface area contributed by atoms with Crippen molar-refractivity contribution in [2.24, 2.45) is 10.9 Å². The first-order valence-electron chi connectivity index (χ1n) is 8.24. The molecule has 0 saturated carbocycles. The van der Waals surface area contributed by atoms with Crippen molar-refractivity contribution in [1.82, 2.24) is 5.32 Å². The molecule has 1 amide bonds. The van der Waals surface area contributed by atoms with Crippen LogP contribution in [-0.4, -0.2) is 17.8 Å². The fourth-order valence-corrected chi connectivity index (χ4v) is 3.26. The molecule has 22 heavy (non-hydrogen) atoms. The molecule has 0 aliphatic carbocycles. The van der Waals surface area contributed by atoms with Crippen molar-refractivity contribution in [2.75, 3.05) is 0 Å². The Balaban J connectivity index is 2.03. The van der Waals surface area contributed by atoms with E-state index in [0.29, 0.717) is 6.42 Å². The summed E-state index contributed by atoms with van der Waals surface area (Å²) in [4.78, 5) is 17.6. The Labute approximate surface area is 132 Å². The van der Waals surface area contributed by atoms with Gasteiger partial charge in [-0.2, -0.15) is 0 Å². The van der Waals surface area contributed by atoms with Gasteiger partial charge >= 0.3 is 0 Å². The maximum atomic E-state index is 12.8. The highest BCUT2D eigenvalue weighted by Crippen LogP contribution is 2.45. The van der Waals surface area contributed by atoms with Gasteiger partial charge in [-0.15, -0.1) is 0 Å². The maximum absolute atomic E-state index is 12.8. The molecule has 1 spiro atoms. The van der Waals surface area contributed by atoms with Gasteiger partial charge in [-0.05, 0) is 12.5 Å². The predicted octanol–water partition coefficient (Wildman–Crippen LogP) is 3.41. The Hall–Kier alpha value is -1.84. The molecule has 0 radical (unpaired) electrons. The number of ether oxygens (including phenoxy) is 1. The highest BCUT2D eigenvalue weighted by Gasteiger charge is 2.51. The number of amides is 1. The summed E-state index contributed by atoms with van der Waals surface area (Å²) >= 11 is 0. The summed E-state index contributed by atoms with van der Waals surface area (Å²) in [5.41, 5.74) is 0.100. The molecule has 118 valence electrons. The molecule has 1 aromatic carbocycles. The smallest absolute Gasteiger partial charge is 0.258 e. The number of fused-ring (bicyclic) bond motifs is 2. The molecule has 0 aromatic heterocycles. The second-order valence-corrected chi connectivity index (χ2v) is 6.55. The number of unbranched alkanes of at least 4 members (excludes halogenated alkanes) is 1. The second-order valence-electron chi connectivity index (χ2n) is 6.55. The van der Waals surface area contributed by atoms with Crippen LogP contribution in [0.1, 0.15) is 52.0 Å². The van der Waals surface area contributed by atoms with Crippen LogP contribution in [0.5, 0.6) is 5.75 Å². The van der Waals surface area contributed by atoms with E-state index in [9.17, 15) is 4.79 Å². The summed E-state index contributed by atoms with van der Waals surface area (Å²) in [5.74, 6) is 1.80.